The fraction of sp³-hybridized carbons (Fsp3) is 0.615. The molecule has 2 rings (SSSR count). The van der Waals surface area contributed by atoms with Crippen LogP contribution in [0.15, 0.2) is 6.07 Å². The smallest absolute Gasteiger partial charge is 0.244 e. The highest BCUT2D eigenvalue weighted by Gasteiger charge is 2.37. The number of carbonyl (C=O) groups is 1. The van der Waals surface area contributed by atoms with Gasteiger partial charge in [0.05, 0.1) is 6.04 Å². The van der Waals surface area contributed by atoms with E-state index in [1.165, 1.54) is 0 Å². The number of piperidine rings is 1. The minimum atomic E-state index is -0.232. The lowest BCUT2D eigenvalue weighted by Crippen LogP contribution is -2.53. The number of aromatic nitrogens is 2. The van der Waals surface area contributed by atoms with Crippen LogP contribution in [0.5, 0.6) is 0 Å². The lowest BCUT2D eigenvalue weighted by atomic mass is 9.77. The van der Waals surface area contributed by atoms with Crippen molar-refractivity contribution < 1.29 is 4.79 Å². The Balaban J connectivity index is 2.12. The fourth-order valence-corrected chi connectivity index (χ4v) is 2.66. The van der Waals surface area contributed by atoms with Crippen molar-refractivity contribution in [3.05, 3.63) is 16.9 Å². The predicted octanol–water partition coefficient (Wildman–Crippen LogP) is 2.16. The number of amides is 1. The molecule has 104 valence electrons. The first-order valence-corrected chi connectivity index (χ1v) is 6.82. The Hall–Kier alpha value is -1.20. The van der Waals surface area contributed by atoms with Crippen molar-refractivity contribution in [2.24, 2.45) is 5.41 Å². The maximum Gasteiger partial charge on any atom is 0.244 e. The van der Waals surface area contributed by atoms with Crippen LogP contribution in [-0.4, -0.2) is 28.5 Å². The van der Waals surface area contributed by atoms with Gasteiger partial charge in [-0.15, -0.1) is 0 Å². The second-order valence-electron chi connectivity index (χ2n) is 5.62. The molecule has 0 aromatic carbocycles. The van der Waals surface area contributed by atoms with Crippen LogP contribution in [0.3, 0.4) is 0 Å². The van der Waals surface area contributed by atoms with Crippen LogP contribution < -0.4 is 10.6 Å². The van der Waals surface area contributed by atoms with Gasteiger partial charge >= 0.3 is 0 Å². The maximum atomic E-state index is 12.3. The summed E-state index contributed by atoms with van der Waals surface area (Å²) in [6.45, 7) is 6.85. The number of nitrogens with zero attached hydrogens (tertiary/aromatic N) is 2. The van der Waals surface area contributed by atoms with Crippen molar-refractivity contribution in [3.63, 3.8) is 0 Å². The number of aryl methyl sites for hydroxylation is 1. The molecule has 19 heavy (non-hydrogen) atoms. The van der Waals surface area contributed by atoms with Gasteiger partial charge in [0.15, 0.2) is 0 Å². The Bertz CT molecular complexity index is 469. The third-order valence-corrected chi connectivity index (χ3v) is 3.64. The lowest BCUT2D eigenvalue weighted by Gasteiger charge is -2.38. The molecule has 0 radical (unpaired) electrons. The Morgan fingerprint density at radius 1 is 1.53 bits per heavy atom. The van der Waals surface area contributed by atoms with Gasteiger partial charge in [0.2, 0.25) is 11.9 Å². The number of hydrogen-bond donors (Lipinski definition) is 2. The average molecular weight is 283 g/mol. The van der Waals surface area contributed by atoms with Crippen LogP contribution in [0.2, 0.25) is 5.15 Å². The summed E-state index contributed by atoms with van der Waals surface area (Å²) in [5, 5.41) is 6.33. The number of halogens is 1. The summed E-state index contributed by atoms with van der Waals surface area (Å²) in [6.07, 6.45) is 2.11. The van der Waals surface area contributed by atoms with Crippen LogP contribution >= 0.6 is 11.6 Å². The van der Waals surface area contributed by atoms with Gasteiger partial charge in [0.25, 0.3) is 0 Å². The summed E-state index contributed by atoms with van der Waals surface area (Å²) < 4.78 is 0. The number of nitrogens with one attached hydrogen (secondary N) is 2. The van der Waals surface area contributed by atoms with E-state index in [-0.39, 0.29) is 23.3 Å². The van der Waals surface area contributed by atoms with Crippen LogP contribution in [-0.2, 0) is 4.79 Å². The summed E-state index contributed by atoms with van der Waals surface area (Å²) in [6, 6.07) is 1.42. The molecule has 0 saturated carbocycles. The van der Waals surface area contributed by atoms with E-state index in [0.717, 1.165) is 25.1 Å². The second-order valence-corrected chi connectivity index (χ2v) is 6.01. The number of anilines is 1. The first kappa shape index (κ1) is 14.2. The molecule has 0 aliphatic carbocycles. The van der Waals surface area contributed by atoms with Gasteiger partial charge in [-0.1, -0.05) is 25.4 Å². The third-order valence-electron chi connectivity index (χ3n) is 3.45. The van der Waals surface area contributed by atoms with Crippen molar-refractivity contribution in [2.45, 2.75) is 39.7 Å². The van der Waals surface area contributed by atoms with Gasteiger partial charge in [-0.3, -0.25) is 10.1 Å². The highest BCUT2D eigenvalue weighted by Crippen LogP contribution is 2.30. The van der Waals surface area contributed by atoms with E-state index in [0.29, 0.717) is 5.15 Å². The van der Waals surface area contributed by atoms with Crippen LogP contribution in [0.1, 0.15) is 32.4 Å². The molecule has 6 heteroatoms. The number of carbonyl (C=O) groups excluding carboxylic acids is 1. The predicted molar refractivity (Wildman–Crippen MR) is 75.2 cm³/mol. The molecule has 1 fully saturated rings. The topological polar surface area (TPSA) is 66.9 Å². The van der Waals surface area contributed by atoms with Gasteiger partial charge in [0, 0.05) is 5.69 Å². The molecule has 1 aromatic rings. The molecule has 1 amide bonds. The van der Waals surface area contributed by atoms with Crippen LogP contribution in [0.4, 0.5) is 5.95 Å². The Morgan fingerprint density at radius 2 is 2.26 bits per heavy atom. The SMILES string of the molecule is Cc1cc(Cl)nc(NC(=O)C2NCCCC2(C)C)n1. The normalized spacial score (nSPS) is 22.0. The summed E-state index contributed by atoms with van der Waals surface area (Å²) >= 11 is 5.86. The first-order valence-electron chi connectivity index (χ1n) is 6.44. The third kappa shape index (κ3) is 3.42. The van der Waals surface area contributed by atoms with Crippen molar-refractivity contribution in [1.29, 1.82) is 0 Å². The van der Waals surface area contributed by atoms with E-state index in [9.17, 15) is 4.79 Å². The average Bonchev–Trinajstić information content (AvgIpc) is 2.26. The molecule has 1 saturated heterocycles. The highest BCUT2D eigenvalue weighted by molar-refractivity contribution is 6.29. The molecule has 0 bridgehead atoms. The number of rotatable bonds is 2. The van der Waals surface area contributed by atoms with Crippen molar-refractivity contribution in [3.8, 4) is 0 Å². The molecule has 0 spiro atoms. The maximum absolute atomic E-state index is 12.3. The molecule has 1 aromatic heterocycles. The monoisotopic (exact) mass is 282 g/mol. The van der Waals surface area contributed by atoms with Gasteiger partial charge in [-0.05, 0) is 37.8 Å². The zero-order chi connectivity index (χ0) is 14.0. The van der Waals surface area contributed by atoms with E-state index in [1.807, 2.05) is 6.92 Å². The lowest BCUT2D eigenvalue weighted by molar-refractivity contribution is -0.121. The van der Waals surface area contributed by atoms with Gasteiger partial charge in [-0.2, -0.15) is 0 Å². The molecule has 5 nitrogen and oxygen atoms in total. The van der Waals surface area contributed by atoms with Crippen molar-refractivity contribution in [2.75, 3.05) is 11.9 Å². The standard InChI is InChI=1S/C13H19ClN4O/c1-8-7-9(14)17-12(16-8)18-11(19)10-13(2,3)5-4-6-15-10/h7,10,15H,4-6H2,1-3H3,(H,16,17,18,19). The van der Waals surface area contributed by atoms with E-state index < -0.39 is 0 Å². The Kier molecular flexibility index (Phi) is 4.06. The van der Waals surface area contributed by atoms with E-state index in [2.05, 4.69) is 34.4 Å². The molecule has 2 heterocycles. The summed E-state index contributed by atoms with van der Waals surface area (Å²) in [5.74, 6) is 0.157. The van der Waals surface area contributed by atoms with Crippen molar-refractivity contribution in [1.82, 2.24) is 15.3 Å². The zero-order valence-electron chi connectivity index (χ0n) is 11.5. The molecular weight excluding hydrogens is 264 g/mol. The molecule has 1 aliphatic heterocycles. The Morgan fingerprint density at radius 3 is 2.89 bits per heavy atom. The fourth-order valence-electron chi connectivity index (χ4n) is 2.43. The molecule has 1 unspecified atom stereocenters. The van der Waals surface area contributed by atoms with E-state index in [1.54, 1.807) is 6.07 Å². The van der Waals surface area contributed by atoms with Crippen LogP contribution in [0.25, 0.3) is 0 Å². The minimum absolute atomic E-state index is 0.0735. The van der Waals surface area contributed by atoms with E-state index in [4.69, 9.17) is 11.6 Å². The summed E-state index contributed by atoms with van der Waals surface area (Å²) in [7, 11) is 0. The van der Waals surface area contributed by atoms with Gasteiger partial charge in [0.1, 0.15) is 5.15 Å². The quantitative estimate of drug-likeness (QED) is 0.816. The Labute approximate surface area is 118 Å². The molecule has 1 atom stereocenters. The first-order chi connectivity index (χ1) is 8.88. The highest BCUT2D eigenvalue weighted by atomic mass is 35.5. The molecule has 2 N–H and O–H groups in total. The summed E-state index contributed by atoms with van der Waals surface area (Å²) in [4.78, 5) is 20.5. The second kappa shape index (κ2) is 5.43. The van der Waals surface area contributed by atoms with Crippen molar-refractivity contribution >= 4 is 23.5 Å². The minimum Gasteiger partial charge on any atom is -0.305 e. The molecule has 1 aliphatic rings. The van der Waals surface area contributed by atoms with E-state index >= 15 is 0 Å². The number of hydrogen-bond acceptors (Lipinski definition) is 4. The van der Waals surface area contributed by atoms with Crippen LogP contribution in [0, 0.1) is 12.3 Å². The zero-order valence-corrected chi connectivity index (χ0v) is 12.2. The largest absolute Gasteiger partial charge is 0.305 e. The van der Waals surface area contributed by atoms with Gasteiger partial charge < -0.3 is 5.32 Å². The molecular formula is C13H19ClN4O. The summed E-state index contributed by atoms with van der Waals surface area (Å²) in [5.41, 5.74) is 0.654. The van der Waals surface area contributed by atoms with Gasteiger partial charge in [-0.25, -0.2) is 9.97 Å².